The van der Waals surface area contributed by atoms with Gasteiger partial charge in [-0.25, -0.2) is 0 Å². The van der Waals surface area contributed by atoms with E-state index in [1.165, 1.54) is 24.9 Å². The summed E-state index contributed by atoms with van der Waals surface area (Å²) < 4.78 is 2.28. The first-order chi connectivity index (χ1) is 6.77. The summed E-state index contributed by atoms with van der Waals surface area (Å²) in [6.07, 6.45) is 2.60. The summed E-state index contributed by atoms with van der Waals surface area (Å²) in [5.41, 5.74) is 1.44. The molecule has 1 aromatic rings. The van der Waals surface area contributed by atoms with E-state index in [1.807, 2.05) is 0 Å². The van der Waals surface area contributed by atoms with E-state index in [2.05, 4.69) is 55.4 Å². The monoisotopic (exact) mass is 317 g/mol. The molecule has 1 N–H and O–H groups in total. The maximum absolute atomic E-state index is 3.55. The van der Waals surface area contributed by atoms with Crippen molar-refractivity contribution in [2.75, 3.05) is 13.1 Å². The molecule has 14 heavy (non-hydrogen) atoms. The zero-order valence-electron chi connectivity index (χ0n) is 7.89. The smallest absolute Gasteiger partial charge is 0.0320 e. The van der Waals surface area contributed by atoms with Crippen molar-refractivity contribution in [1.29, 1.82) is 0 Å². The van der Waals surface area contributed by atoms with Crippen LogP contribution in [0, 0.1) is 0 Å². The van der Waals surface area contributed by atoms with Gasteiger partial charge < -0.3 is 5.32 Å². The second-order valence-corrected chi connectivity index (χ2v) is 5.43. The predicted molar refractivity (Wildman–Crippen MR) is 66.7 cm³/mol. The van der Waals surface area contributed by atoms with Crippen LogP contribution in [0.25, 0.3) is 0 Å². The minimum absolute atomic E-state index is 0.688. The lowest BCUT2D eigenvalue weighted by Gasteiger charge is -2.23. The summed E-state index contributed by atoms with van der Waals surface area (Å²) in [6, 6.07) is 6.56. The van der Waals surface area contributed by atoms with E-state index in [1.54, 1.807) is 0 Å². The Morgan fingerprint density at radius 1 is 1.21 bits per heavy atom. The molecule has 3 heteroatoms. The third-order valence-electron chi connectivity index (χ3n) is 2.71. The molecule has 0 aliphatic carbocycles. The van der Waals surface area contributed by atoms with Gasteiger partial charge in [0.25, 0.3) is 0 Å². The Morgan fingerprint density at radius 3 is 2.71 bits per heavy atom. The van der Waals surface area contributed by atoms with E-state index in [9.17, 15) is 0 Å². The maximum atomic E-state index is 3.55. The second kappa shape index (κ2) is 4.77. The van der Waals surface area contributed by atoms with Crippen LogP contribution in [0.3, 0.4) is 0 Å². The molecule has 0 radical (unpaired) electrons. The van der Waals surface area contributed by atoms with Crippen LogP contribution in [-0.2, 0) is 0 Å². The molecule has 76 valence electrons. The molecule has 1 nitrogen and oxygen atoms in total. The Hall–Kier alpha value is 0.140. The van der Waals surface area contributed by atoms with Gasteiger partial charge in [0.15, 0.2) is 0 Å². The Morgan fingerprint density at radius 2 is 2.07 bits per heavy atom. The summed E-state index contributed by atoms with van der Waals surface area (Å²) in [5.74, 6) is 0.688. The fraction of sp³-hybridized carbons (Fsp3) is 0.455. The van der Waals surface area contributed by atoms with Crippen LogP contribution in [0.4, 0.5) is 0 Å². The number of rotatable bonds is 1. The van der Waals surface area contributed by atoms with Gasteiger partial charge >= 0.3 is 0 Å². The molecule has 1 atom stereocenters. The zero-order chi connectivity index (χ0) is 9.97. The van der Waals surface area contributed by atoms with Gasteiger partial charge in [0.05, 0.1) is 0 Å². The van der Waals surface area contributed by atoms with Crippen molar-refractivity contribution >= 4 is 31.9 Å². The number of hydrogen-bond donors (Lipinski definition) is 1. The van der Waals surface area contributed by atoms with E-state index in [0.29, 0.717) is 5.92 Å². The second-order valence-electron chi connectivity index (χ2n) is 3.72. The van der Waals surface area contributed by atoms with Gasteiger partial charge in [0, 0.05) is 15.5 Å². The summed E-state index contributed by atoms with van der Waals surface area (Å²) in [7, 11) is 0. The molecule has 1 aliphatic rings. The summed E-state index contributed by atoms with van der Waals surface area (Å²) in [6.45, 7) is 2.29. The summed E-state index contributed by atoms with van der Waals surface area (Å²) >= 11 is 7.04. The third-order valence-corrected chi connectivity index (χ3v) is 4.59. The highest BCUT2D eigenvalue weighted by Crippen LogP contribution is 2.29. The Kier molecular flexibility index (Phi) is 3.63. The van der Waals surface area contributed by atoms with Crippen molar-refractivity contribution in [3.63, 3.8) is 0 Å². The van der Waals surface area contributed by atoms with Crippen LogP contribution in [-0.4, -0.2) is 13.1 Å². The molecule has 0 unspecified atom stereocenters. The molecular formula is C11H13Br2N. The molecule has 1 aromatic carbocycles. The van der Waals surface area contributed by atoms with Crippen molar-refractivity contribution < 1.29 is 0 Å². The highest BCUT2D eigenvalue weighted by atomic mass is 79.9. The zero-order valence-corrected chi connectivity index (χ0v) is 11.1. The minimum Gasteiger partial charge on any atom is -0.316 e. The van der Waals surface area contributed by atoms with Gasteiger partial charge in [0.1, 0.15) is 0 Å². The van der Waals surface area contributed by atoms with Crippen molar-refractivity contribution in [3.05, 3.63) is 32.7 Å². The lowest BCUT2D eigenvalue weighted by atomic mass is 9.92. The normalized spacial score (nSPS) is 22.3. The van der Waals surface area contributed by atoms with Crippen LogP contribution >= 0.6 is 31.9 Å². The average Bonchev–Trinajstić information content (AvgIpc) is 2.23. The largest absolute Gasteiger partial charge is 0.316 e. The number of piperidine rings is 1. The van der Waals surface area contributed by atoms with Gasteiger partial charge in [0.2, 0.25) is 0 Å². The highest BCUT2D eigenvalue weighted by molar-refractivity contribution is 9.13. The van der Waals surface area contributed by atoms with E-state index >= 15 is 0 Å². The van der Waals surface area contributed by atoms with Crippen molar-refractivity contribution in [2.45, 2.75) is 18.8 Å². The number of hydrogen-bond acceptors (Lipinski definition) is 1. The predicted octanol–water partition coefficient (Wildman–Crippen LogP) is 3.68. The Labute approximate surface area is 102 Å². The molecular weight excluding hydrogens is 306 g/mol. The van der Waals surface area contributed by atoms with E-state index in [0.717, 1.165) is 15.5 Å². The molecule has 1 heterocycles. The van der Waals surface area contributed by atoms with Crippen molar-refractivity contribution in [2.24, 2.45) is 0 Å². The lowest BCUT2D eigenvalue weighted by Crippen LogP contribution is -2.28. The third kappa shape index (κ3) is 2.38. The van der Waals surface area contributed by atoms with Crippen LogP contribution in [0.2, 0.25) is 0 Å². The maximum Gasteiger partial charge on any atom is 0.0320 e. The molecule has 0 saturated carbocycles. The van der Waals surface area contributed by atoms with Gasteiger partial charge in [-0.3, -0.25) is 0 Å². The Bertz CT molecular complexity index is 319. The summed E-state index contributed by atoms with van der Waals surface area (Å²) in [5, 5.41) is 3.44. The number of benzene rings is 1. The molecule has 1 aliphatic heterocycles. The fourth-order valence-electron chi connectivity index (χ4n) is 1.90. The van der Waals surface area contributed by atoms with Gasteiger partial charge in [-0.1, -0.05) is 6.07 Å². The fourth-order valence-corrected chi connectivity index (χ4v) is 2.55. The number of nitrogens with one attached hydrogen (secondary N) is 1. The van der Waals surface area contributed by atoms with Crippen LogP contribution in [0.1, 0.15) is 24.3 Å². The van der Waals surface area contributed by atoms with Gasteiger partial charge in [-0.15, -0.1) is 0 Å². The molecule has 0 bridgehead atoms. The van der Waals surface area contributed by atoms with Crippen molar-refractivity contribution in [1.82, 2.24) is 5.32 Å². The SMILES string of the molecule is Brc1ccc([C@H]2CCCNC2)cc1Br. The van der Waals surface area contributed by atoms with Gasteiger partial charge in [-0.05, 0) is 74.9 Å². The first kappa shape index (κ1) is 10.7. The van der Waals surface area contributed by atoms with Crippen molar-refractivity contribution in [3.8, 4) is 0 Å². The topological polar surface area (TPSA) is 12.0 Å². The highest BCUT2D eigenvalue weighted by Gasteiger charge is 2.15. The molecule has 1 fully saturated rings. The lowest BCUT2D eigenvalue weighted by molar-refractivity contribution is 0.461. The summed E-state index contributed by atoms with van der Waals surface area (Å²) in [4.78, 5) is 0. The minimum atomic E-state index is 0.688. The molecule has 0 amide bonds. The van der Waals surface area contributed by atoms with E-state index in [4.69, 9.17) is 0 Å². The average molecular weight is 319 g/mol. The Balaban J connectivity index is 2.18. The molecule has 0 spiro atoms. The molecule has 0 aromatic heterocycles. The van der Waals surface area contributed by atoms with Crippen LogP contribution in [0.5, 0.6) is 0 Å². The quantitative estimate of drug-likeness (QED) is 0.833. The molecule has 2 rings (SSSR count). The first-order valence-electron chi connectivity index (χ1n) is 4.93. The van der Waals surface area contributed by atoms with Crippen LogP contribution in [0.15, 0.2) is 27.1 Å². The van der Waals surface area contributed by atoms with E-state index < -0.39 is 0 Å². The number of halogens is 2. The van der Waals surface area contributed by atoms with Crippen LogP contribution < -0.4 is 5.32 Å². The standard InChI is InChI=1S/C11H13Br2N/c12-10-4-3-8(6-11(10)13)9-2-1-5-14-7-9/h3-4,6,9,14H,1-2,5,7H2/t9-/m0/s1. The van der Waals surface area contributed by atoms with Gasteiger partial charge in [-0.2, -0.15) is 0 Å². The molecule has 1 saturated heterocycles. The first-order valence-corrected chi connectivity index (χ1v) is 6.51. The van der Waals surface area contributed by atoms with E-state index in [-0.39, 0.29) is 0 Å².